The van der Waals surface area contributed by atoms with Crippen LogP contribution in [0.5, 0.6) is 0 Å². The summed E-state index contributed by atoms with van der Waals surface area (Å²) in [5, 5.41) is 0. The maximum absolute atomic E-state index is 12.7. The Morgan fingerprint density at radius 3 is 2.36 bits per heavy atom. The van der Waals surface area contributed by atoms with Gasteiger partial charge in [-0.3, -0.25) is 4.79 Å². The first-order valence-electron chi connectivity index (χ1n) is 9.22. The predicted octanol–water partition coefficient (Wildman–Crippen LogP) is 3.71. The Balaban J connectivity index is 1.68. The van der Waals surface area contributed by atoms with Crippen LogP contribution in [-0.4, -0.2) is 19.5 Å². The van der Waals surface area contributed by atoms with Crippen molar-refractivity contribution in [3.8, 4) is 11.4 Å². The van der Waals surface area contributed by atoms with E-state index in [1.807, 2.05) is 16.7 Å². The van der Waals surface area contributed by atoms with E-state index >= 15 is 0 Å². The molecule has 0 aliphatic rings. The third-order valence-corrected chi connectivity index (χ3v) is 4.84. The number of hydrogen-bond acceptors (Lipinski definition) is 4. The monoisotopic (exact) mass is 373 g/mol. The number of H-pyrrole nitrogens is 1. The van der Waals surface area contributed by atoms with Gasteiger partial charge in [0.15, 0.2) is 11.2 Å². The molecule has 0 fully saturated rings. The molecule has 0 saturated heterocycles. The lowest BCUT2D eigenvalue weighted by Crippen LogP contribution is -2.14. The normalized spacial score (nSPS) is 11.8. The van der Waals surface area contributed by atoms with E-state index in [2.05, 4.69) is 60.0 Å². The molecule has 0 amide bonds. The van der Waals surface area contributed by atoms with Crippen molar-refractivity contribution >= 4 is 16.9 Å². The van der Waals surface area contributed by atoms with Gasteiger partial charge in [0.05, 0.1) is 6.33 Å². The summed E-state index contributed by atoms with van der Waals surface area (Å²) in [4.78, 5) is 24.4. The van der Waals surface area contributed by atoms with Gasteiger partial charge in [-0.1, -0.05) is 45.0 Å². The molecule has 0 radical (unpaired) electrons. The van der Waals surface area contributed by atoms with Crippen LogP contribution in [0.3, 0.4) is 0 Å². The number of rotatable bonds is 3. The Labute approximate surface area is 163 Å². The third-order valence-electron chi connectivity index (χ3n) is 4.84. The van der Waals surface area contributed by atoms with Gasteiger partial charge in [0.25, 0.3) is 5.56 Å². The number of benzene rings is 2. The molecule has 3 N–H and O–H groups in total. The predicted molar refractivity (Wildman–Crippen MR) is 112 cm³/mol. The third kappa shape index (κ3) is 3.41. The molecule has 6 heteroatoms. The van der Waals surface area contributed by atoms with E-state index in [1.165, 1.54) is 5.56 Å². The van der Waals surface area contributed by atoms with Gasteiger partial charge < -0.3 is 15.3 Å². The second-order valence-corrected chi connectivity index (χ2v) is 8.03. The van der Waals surface area contributed by atoms with Crippen molar-refractivity contribution in [2.24, 2.45) is 0 Å². The Bertz CT molecular complexity index is 1180. The zero-order valence-corrected chi connectivity index (χ0v) is 16.2. The summed E-state index contributed by atoms with van der Waals surface area (Å²) in [5.74, 6) is 0.484. The Morgan fingerprint density at radius 2 is 1.71 bits per heavy atom. The van der Waals surface area contributed by atoms with Crippen LogP contribution < -0.4 is 11.3 Å². The van der Waals surface area contributed by atoms with Crippen molar-refractivity contribution in [3.63, 3.8) is 0 Å². The summed E-state index contributed by atoms with van der Waals surface area (Å²) >= 11 is 0. The van der Waals surface area contributed by atoms with Crippen molar-refractivity contribution in [2.75, 3.05) is 5.73 Å². The number of fused-ring (bicyclic) bond motifs is 1. The van der Waals surface area contributed by atoms with Crippen molar-refractivity contribution in [1.29, 1.82) is 0 Å². The SMILES string of the molecule is CC(C)(C)c1ccc(Cn2cnc3nc(-c4ccc(N)cc4)[nH]c(=O)c32)cc1. The molecule has 4 aromatic rings. The van der Waals surface area contributed by atoms with E-state index in [4.69, 9.17) is 5.73 Å². The Hall–Kier alpha value is -3.41. The van der Waals surface area contributed by atoms with Gasteiger partial charge >= 0.3 is 0 Å². The standard InChI is InChI=1S/C22H23N5O/c1-22(2,3)16-8-4-14(5-9-16)12-27-13-24-20-18(27)21(28)26-19(25-20)15-6-10-17(23)11-7-15/h4-11,13H,12,23H2,1-3H3,(H,25,26,28). The van der Waals surface area contributed by atoms with Crippen LogP contribution in [0.2, 0.25) is 0 Å². The summed E-state index contributed by atoms with van der Waals surface area (Å²) in [6, 6.07) is 15.7. The van der Waals surface area contributed by atoms with Crippen molar-refractivity contribution in [2.45, 2.75) is 32.7 Å². The molecule has 0 bridgehead atoms. The highest BCUT2D eigenvalue weighted by Crippen LogP contribution is 2.23. The minimum atomic E-state index is -0.208. The first kappa shape index (κ1) is 18.0. The molecule has 142 valence electrons. The number of nitrogen functional groups attached to an aromatic ring is 1. The quantitative estimate of drug-likeness (QED) is 0.536. The molecule has 2 aromatic carbocycles. The second-order valence-electron chi connectivity index (χ2n) is 8.03. The summed E-state index contributed by atoms with van der Waals surface area (Å²) in [7, 11) is 0. The number of imidazole rings is 1. The molecule has 0 aliphatic carbocycles. The van der Waals surface area contributed by atoms with Gasteiger partial charge in [-0.25, -0.2) is 9.97 Å². The van der Waals surface area contributed by atoms with E-state index in [1.54, 1.807) is 18.5 Å². The summed E-state index contributed by atoms with van der Waals surface area (Å²) in [6.45, 7) is 7.13. The molecular weight excluding hydrogens is 350 g/mol. The molecule has 0 spiro atoms. The number of nitrogens with one attached hydrogen (secondary N) is 1. The Morgan fingerprint density at radius 1 is 1.04 bits per heavy atom. The minimum absolute atomic E-state index is 0.111. The van der Waals surface area contributed by atoms with Crippen molar-refractivity contribution in [1.82, 2.24) is 19.5 Å². The lowest BCUT2D eigenvalue weighted by molar-refractivity contribution is 0.590. The first-order valence-corrected chi connectivity index (χ1v) is 9.22. The first-order chi connectivity index (χ1) is 13.3. The van der Waals surface area contributed by atoms with E-state index < -0.39 is 0 Å². The van der Waals surface area contributed by atoms with Gasteiger partial charge in [0.1, 0.15) is 5.82 Å². The number of hydrogen-bond donors (Lipinski definition) is 2. The molecular formula is C22H23N5O. The smallest absolute Gasteiger partial charge is 0.277 e. The average Bonchev–Trinajstić information content (AvgIpc) is 3.05. The largest absolute Gasteiger partial charge is 0.399 e. The lowest BCUT2D eigenvalue weighted by atomic mass is 9.87. The summed E-state index contributed by atoms with van der Waals surface area (Å²) in [5.41, 5.74) is 10.4. The van der Waals surface area contributed by atoms with Crippen LogP contribution in [0, 0.1) is 0 Å². The average molecular weight is 373 g/mol. The molecule has 2 aromatic heterocycles. The number of nitrogens with two attached hydrogens (primary N) is 1. The van der Waals surface area contributed by atoms with Crippen LogP contribution >= 0.6 is 0 Å². The van der Waals surface area contributed by atoms with Gasteiger partial charge in [-0.05, 0) is 40.8 Å². The van der Waals surface area contributed by atoms with Crippen molar-refractivity contribution in [3.05, 3.63) is 76.3 Å². The number of aromatic amines is 1. The number of aromatic nitrogens is 4. The molecule has 28 heavy (non-hydrogen) atoms. The summed E-state index contributed by atoms with van der Waals surface area (Å²) < 4.78 is 1.83. The van der Waals surface area contributed by atoms with E-state index in [0.717, 1.165) is 11.1 Å². The molecule has 4 rings (SSSR count). The van der Waals surface area contributed by atoms with Gasteiger partial charge in [-0.15, -0.1) is 0 Å². The zero-order chi connectivity index (χ0) is 19.9. The highest BCUT2D eigenvalue weighted by Gasteiger charge is 2.14. The number of nitrogens with zero attached hydrogens (tertiary/aromatic N) is 3. The summed E-state index contributed by atoms with van der Waals surface area (Å²) in [6.07, 6.45) is 1.66. The fourth-order valence-electron chi connectivity index (χ4n) is 3.19. The number of anilines is 1. The fraction of sp³-hybridized carbons (Fsp3) is 0.227. The topological polar surface area (TPSA) is 89.6 Å². The van der Waals surface area contributed by atoms with Crippen molar-refractivity contribution < 1.29 is 0 Å². The van der Waals surface area contributed by atoms with Gasteiger partial charge in [0.2, 0.25) is 0 Å². The molecule has 0 unspecified atom stereocenters. The van der Waals surface area contributed by atoms with Crippen LogP contribution in [0.15, 0.2) is 59.7 Å². The molecule has 0 saturated carbocycles. The van der Waals surface area contributed by atoms with Crippen LogP contribution in [0.1, 0.15) is 31.9 Å². The van der Waals surface area contributed by atoms with Gasteiger partial charge in [0, 0.05) is 17.8 Å². The van der Waals surface area contributed by atoms with Crippen LogP contribution in [0.4, 0.5) is 5.69 Å². The van der Waals surface area contributed by atoms with Gasteiger partial charge in [-0.2, -0.15) is 0 Å². The fourth-order valence-corrected chi connectivity index (χ4v) is 3.19. The molecule has 2 heterocycles. The maximum Gasteiger partial charge on any atom is 0.277 e. The lowest BCUT2D eigenvalue weighted by Gasteiger charge is -2.19. The molecule has 6 nitrogen and oxygen atoms in total. The molecule has 0 aliphatic heterocycles. The van der Waals surface area contributed by atoms with Crippen LogP contribution in [-0.2, 0) is 12.0 Å². The van der Waals surface area contributed by atoms with Crippen LogP contribution in [0.25, 0.3) is 22.6 Å². The Kier molecular flexibility index (Phi) is 4.26. The highest BCUT2D eigenvalue weighted by atomic mass is 16.1. The van der Waals surface area contributed by atoms with E-state index in [0.29, 0.717) is 29.2 Å². The van der Waals surface area contributed by atoms with E-state index in [9.17, 15) is 4.79 Å². The maximum atomic E-state index is 12.7. The second kappa shape index (κ2) is 6.64. The molecule has 0 atom stereocenters. The highest BCUT2D eigenvalue weighted by molar-refractivity contribution is 5.73. The zero-order valence-electron chi connectivity index (χ0n) is 16.2. The van der Waals surface area contributed by atoms with E-state index in [-0.39, 0.29) is 11.0 Å². The minimum Gasteiger partial charge on any atom is -0.399 e.